The van der Waals surface area contributed by atoms with Gasteiger partial charge >= 0.3 is 11.9 Å². The van der Waals surface area contributed by atoms with Crippen molar-refractivity contribution in [2.45, 2.75) is 109 Å². The summed E-state index contributed by atoms with van der Waals surface area (Å²) in [6.45, 7) is 7.69. The molecule has 0 saturated heterocycles. The van der Waals surface area contributed by atoms with Crippen LogP contribution in [-0.2, 0) is 83.8 Å². The van der Waals surface area contributed by atoms with E-state index in [0.717, 1.165) is 56.2 Å². The highest BCUT2D eigenvalue weighted by atomic mass is 32.2. The Balaban J connectivity index is 0.730. The lowest BCUT2D eigenvalue weighted by atomic mass is 9.86. The maximum atomic E-state index is 13.8. The second kappa shape index (κ2) is 25.4. The Morgan fingerprint density at radius 1 is 0.667 bits per heavy atom. The molecule has 0 aliphatic carbocycles. The van der Waals surface area contributed by atoms with Crippen LogP contribution in [0.3, 0.4) is 0 Å². The third-order valence-electron chi connectivity index (χ3n) is 15.4. The highest BCUT2D eigenvalue weighted by molar-refractivity contribution is 7.91. The maximum Gasteiger partial charge on any atom is 0.343 e. The maximum absolute atomic E-state index is 13.8. The van der Waals surface area contributed by atoms with E-state index < -0.39 is 27.4 Å². The first-order chi connectivity index (χ1) is 40.8. The van der Waals surface area contributed by atoms with Crippen LogP contribution in [0.15, 0.2) is 174 Å². The summed E-state index contributed by atoms with van der Waals surface area (Å²) >= 11 is 0. The minimum atomic E-state index is -3.68. The Morgan fingerprint density at radius 3 is 1.79 bits per heavy atom. The van der Waals surface area contributed by atoms with E-state index in [-0.39, 0.29) is 58.2 Å². The molecule has 8 heterocycles. The first-order valence-electron chi connectivity index (χ1n) is 28.3. The molecule has 17 nitrogen and oxygen atoms in total. The van der Waals surface area contributed by atoms with Crippen molar-refractivity contribution in [3.05, 3.63) is 236 Å². The van der Waals surface area contributed by atoms with Crippen molar-refractivity contribution in [2.75, 3.05) is 12.4 Å². The van der Waals surface area contributed by atoms with Crippen LogP contribution < -0.4 is 15.0 Å². The summed E-state index contributed by atoms with van der Waals surface area (Å²) in [5.74, 6) is -0.534. The zero-order chi connectivity index (χ0) is 58.2. The van der Waals surface area contributed by atoms with E-state index in [2.05, 4.69) is 47.9 Å². The fraction of sp³-hybridized carbons (Fsp3) is 0.273. The Kier molecular flexibility index (Phi) is 17.2. The van der Waals surface area contributed by atoms with Crippen molar-refractivity contribution in [1.29, 1.82) is 0 Å². The Morgan fingerprint density at radius 2 is 1.25 bits per heavy atom. The predicted molar refractivity (Wildman–Crippen MR) is 316 cm³/mol. The summed E-state index contributed by atoms with van der Waals surface area (Å²) in [5.41, 5.74) is 7.73. The zero-order valence-electron chi connectivity index (χ0n) is 46.9. The van der Waals surface area contributed by atoms with Gasteiger partial charge in [0.25, 0.3) is 5.56 Å². The van der Waals surface area contributed by atoms with Crippen molar-refractivity contribution >= 4 is 32.7 Å². The van der Waals surface area contributed by atoms with Gasteiger partial charge in [0, 0.05) is 80.6 Å². The van der Waals surface area contributed by atoms with Crippen LogP contribution >= 0.6 is 0 Å². The molecule has 2 aliphatic rings. The van der Waals surface area contributed by atoms with Crippen molar-refractivity contribution < 1.29 is 37.3 Å². The van der Waals surface area contributed by atoms with Gasteiger partial charge in [-0.15, -0.1) is 0 Å². The van der Waals surface area contributed by atoms with Gasteiger partial charge in [0.15, 0.2) is 15.4 Å². The van der Waals surface area contributed by atoms with Gasteiger partial charge in [-0.2, -0.15) is 0 Å². The van der Waals surface area contributed by atoms with E-state index in [4.69, 9.17) is 19.2 Å². The molecule has 6 aromatic heterocycles. The van der Waals surface area contributed by atoms with Crippen LogP contribution in [0, 0.1) is 0 Å². The summed E-state index contributed by atoms with van der Waals surface area (Å²) in [7, 11) is -3.68. The van der Waals surface area contributed by atoms with E-state index in [1.807, 2.05) is 105 Å². The first-order valence-corrected chi connectivity index (χ1v) is 30.0. The topological polar surface area (TPSA) is 209 Å². The molecule has 1 N–H and O–H groups in total. The van der Waals surface area contributed by atoms with E-state index in [1.54, 1.807) is 35.8 Å². The highest BCUT2D eigenvalue weighted by Gasteiger charge is 2.45. The molecule has 0 amide bonds. The van der Waals surface area contributed by atoms with Crippen LogP contribution in [0.25, 0.3) is 22.3 Å². The fourth-order valence-electron chi connectivity index (χ4n) is 11.2. The number of sulfone groups is 1. The van der Waals surface area contributed by atoms with Gasteiger partial charge in [0.2, 0.25) is 0 Å². The quantitative estimate of drug-likeness (QED) is 0.0339. The lowest BCUT2D eigenvalue weighted by Gasteiger charge is -2.31. The summed E-state index contributed by atoms with van der Waals surface area (Å²) < 4.78 is 46.4. The highest BCUT2D eigenvalue weighted by Crippen LogP contribution is 2.41. The van der Waals surface area contributed by atoms with Gasteiger partial charge in [0.1, 0.15) is 18.1 Å². The lowest BCUT2D eigenvalue weighted by Crippen LogP contribution is -2.44. The van der Waals surface area contributed by atoms with E-state index in [1.165, 1.54) is 24.3 Å². The number of ether oxygens (including phenoxy) is 3. The Labute approximate surface area is 487 Å². The molecule has 18 heteroatoms. The number of aromatic nitrogens is 6. The van der Waals surface area contributed by atoms with Crippen LogP contribution in [0.5, 0.6) is 11.5 Å². The standard InChI is InChI=1S/C66H64N8O9S/c1-3-55-56-35-52(22-25-60(56)71-62-57(55)43-74-61(62)36-59-58(63(74)75)44-82-65(77)66(59,78)4-2)83-64(76)47-20-23-54(24-21-47)84(79,80)31-15-5-14-30-81-53-33-45(37-72(39-48-16-6-10-26-67-48)40-49-17-7-11-27-68-49)32-46(34-53)38-73(41-50-18-8-12-28-69-50)42-51-19-9-13-29-70-51/h6-13,16-29,32-36,78H,3-5,14-15,30-31,37-44H2,1-2H3/t66-/m0/s1. The number of fused-ring (bicyclic) bond motifs is 5. The van der Waals surface area contributed by atoms with Crippen LogP contribution in [0.1, 0.15) is 106 Å². The average molecular weight is 1150 g/mol. The SMILES string of the molecule is CCc1c2c(nc3ccc(OC(=O)c4ccc(S(=O)(=O)CCCCCOc5cc(CN(Cc6ccccn6)Cc6ccccn6)cc(CN(Cc6ccccn6)Cc6ccccn6)c5)cc4)cc13)-c1cc3c(c(=O)n1C2)COC(=O)[C@]3(O)CC. The number of hydrogen-bond acceptors (Lipinski definition) is 16. The molecule has 0 spiro atoms. The van der Waals surface area contributed by atoms with E-state index >= 15 is 0 Å². The van der Waals surface area contributed by atoms with Gasteiger partial charge in [0.05, 0.1) is 74.6 Å². The lowest BCUT2D eigenvalue weighted by molar-refractivity contribution is -0.172. The zero-order valence-corrected chi connectivity index (χ0v) is 47.7. The van der Waals surface area contributed by atoms with Gasteiger partial charge < -0.3 is 23.9 Å². The molecule has 0 fully saturated rings. The number of cyclic esters (lactones) is 1. The number of aliphatic hydroxyl groups is 1. The molecule has 0 saturated carbocycles. The van der Waals surface area contributed by atoms with Crippen molar-refractivity contribution in [2.24, 2.45) is 0 Å². The molecule has 2 aliphatic heterocycles. The van der Waals surface area contributed by atoms with Gasteiger partial charge in [-0.05, 0) is 158 Å². The van der Waals surface area contributed by atoms with Crippen molar-refractivity contribution in [1.82, 2.24) is 39.3 Å². The molecule has 0 unspecified atom stereocenters. The van der Waals surface area contributed by atoms with E-state index in [9.17, 15) is 27.9 Å². The molecule has 428 valence electrons. The van der Waals surface area contributed by atoms with Crippen molar-refractivity contribution in [3.8, 4) is 22.9 Å². The molecule has 84 heavy (non-hydrogen) atoms. The molecule has 0 radical (unpaired) electrons. The second-order valence-electron chi connectivity index (χ2n) is 21.3. The second-order valence-corrected chi connectivity index (χ2v) is 23.4. The largest absolute Gasteiger partial charge is 0.494 e. The smallest absolute Gasteiger partial charge is 0.343 e. The number of esters is 2. The molecule has 11 rings (SSSR count). The van der Waals surface area contributed by atoms with Gasteiger partial charge in [-0.3, -0.25) is 34.5 Å². The van der Waals surface area contributed by atoms with Gasteiger partial charge in [-0.1, -0.05) is 44.2 Å². The monoisotopic (exact) mass is 1140 g/mol. The number of carbonyl (C=O) groups excluding carboxylic acids is 2. The number of nitrogens with zero attached hydrogens (tertiary/aromatic N) is 8. The van der Waals surface area contributed by atoms with Crippen LogP contribution in [0.4, 0.5) is 0 Å². The normalized spacial score (nSPS) is 14.5. The molecule has 0 bridgehead atoms. The van der Waals surface area contributed by atoms with E-state index in [0.29, 0.717) is 88.5 Å². The molecule has 1 atom stereocenters. The number of unbranched alkanes of at least 4 members (excludes halogenated alkanes) is 2. The predicted octanol–water partition coefficient (Wildman–Crippen LogP) is 9.87. The number of benzene rings is 3. The third-order valence-corrected chi connectivity index (χ3v) is 17.2. The first kappa shape index (κ1) is 57.0. The molecule has 3 aromatic carbocycles. The summed E-state index contributed by atoms with van der Waals surface area (Å²) in [6.07, 6.45) is 9.50. The van der Waals surface area contributed by atoms with Crippen LogP contribution in [0.2, 0.25) is 0 Å². The van der Waals surface area contributed by atoms with Crippen LogP contribution in [-0.4, -0.2) is 77.1 Å². The minimum absolute atomic E-state index is 0.0388. The average Bonchev–Trinajstić information content (AvgIpc) is 1.65. The molecule has 9 aromatic rings. The molecular weight excluding hydrogens is 1080 g/mol. The fourth-order valence-corrected chi connectivity index (χ4v) is 12.6. The molecular formula is C66H64N8O9S. The number of carbonyl (C=O) groups is 2. The third kappa shape index (κ3) is 12.9. The number of aryl methyl sites for hydroxylation is 1. The van der Waals surface area contributed by atoms with Gasteiger partial charge in [-0.25, -0.2) is 23.0 Å². The summed E-state index contributed by atoms with van der Waals surface area (Å²) in [4.78, 5) is 68.2. The number of pyridine rings is 6. The number of hydrogen-bond donors (Lipinski definition) is 1. The number of rotatable bonds is 24. The minimum Gasteiger partial charge on any atom is -0.494 e. The summed E-state index contributed by atoms with van der Waals surface area (Å²) in [5, 5.41) is 12.1. The Bertz CT molecular complexity index is 3820. The van der Waals surface area contributed by atoms with Crippen molar-refractivity contribution in [3.63, 3.8) is 0 Å². The summed E-state index contributed by atoms with van der Waals surface area (Å²) in [6, 6.07) is 42.7. The Hall–Kier alpha value is -8.81.